The maximum Gasteiger partial charge on any atom is 0.335 e. The van der Waals surface area contributed by atoms with E-state index >= 15 is 0 Å². The summed E-state index contributed by atoms with van der Waals surface area (Å²) in [6, 6.07) is 10.9. The summed E-state index contributed by atoms with van der Waals surface area (Å²) in [7, 11) is 0. The van der Waals surface area contributed by atoms with Crippen molar-refractivity contribution < 1.29 is 19.1 Å². The maximum atomic E-state index is 13.4. The van der Waals surface area contributed by atoms with E-state index < -0.39 is 5.97 Å². The van der Waals surface area contributed by atoms with Gasteiger partial charge in [-0.3, -0.25) is 4.79 Å². The first-order chi connectivity index (χ1) is 15.4. The van der Waals surface area contributed by atoms with Gasteiger partial charge in [-0.25, -0.2) is 19.2 Å². The number of nitrogens with one attached hydrogen (secondary N) is 2. The summed E-state index contributed by atoms with van der Waals surface area (Å²) in [6.45, 7) is 2.22. The largest absolute Gasteiger partial charge is 0.478 e. The molecule has 8 heteroatoms. The highest BCUT2D eigenvalue weighted by Crippen LogP contribution is 2.30. The van der Waals surface area contributed by atoms with Crippen LogP contribution in [0.3, 0.4) is 0 Å². The molecule has 0 bridgehead atoms. The first-order valence-corrected chi connectivity index (χ1v) is 10.7. The number of carboxylic acid groups (broad SMARTS) is 1. The molecule has 1 aliphatic rings. The van der Waals surface area contributed by atoms with Crippen LogP contribution in [-0.2, 0) is 4.79 Å². The SMILES string of the molecule is CC(=O)NC1CCC(CNc2nc3cc(C(=O)O)ccc3nc2-c2ccc(F)cc2)CC1. The Morgan fingerprint density at radius 3 is 2.41 bits per heavy atom. The molecule has 1 aliphatic carbocycles. The smallest absolute Gasteiger partial charge is 0.335 e. The van der Waals surface area contributed by atoms with Gasteiger partial charge in [0.1, 0.15) is 11.5 Å². The topological polar surface area (TPSA) is 104 Å². The number of amides is 1. The first kappa shape index (κ1) is 21.7. The van der Waals surface area contributed by atoms with Gasteiger partial charge in [-0.15, -0.1) is 0 Å². The second-order valence-corrected chi connectivity index (χ2v) is 8.24. The molecule has 0 unspecified atom stereocenters. The van der Waals surface area contributed by atoms with Crippen LogP contribution in [-0.4, -0.2) is 39.5 Å². The molecule has 166 valence electrons. The van der Waals surface area contributed by atoms with Crippen LogP contribution < -0.4 is 10.6 Å². The molecule has 3 aromatic rings. The van der Waals surface area contributed by atoms with E-state index in [0.29, 0.717) is 35.0 Å². The van der Waals surface area contributed by atoms with Crippen molar-refractivity contribution in [1.29, 1.82) is 0 Å². The quantitative estimate of drug-likeness (QED) is 0.534. The number of aromatic carboxylic acids is 1. The van der Waals surface area contributed by atoms with Crippen molar-refractivity contribution in [1.82, 2.24) is 15.3 Å². The minimum absolute atomic E-state index is 0.00248. The molecule has 1 fully saturated rings. The van der Waals surface area contributed by atoms with E-state index in [1.807, 2.05) is 0 Å². The number of carbonyl (C=O) groups is 2. The number of fused-ring (bicyclic) bond motifs is 1. The summed E-state index contributed by atoms with van der Waals surface area (Å²) >= 11 is 0. The Labute approximate surface area is 185 Å². The fraction of sp³-hybridized carbons (Fsp3) is 0.333. The number of carboxylic acids is 1. The van der Waals surface area contributed by atoms with Gasteiger partial charge in [0.05, 0.1) is 16.6 Å². The van der Waals surface area contributed by atoms with E-state index in [-0.39, 0.29) is 23.3 Å². The van der Waals surface area contributed by atoms with E-state index in [2.05, 4.69) is 15.6 Å². The molecule has 1 saturated carbocycles. The molecule has 0 atom stereocenters. The second kappa shape index (κ2) is 9.30. The Kier molecular flexibility index (Phi) is 6.30. The molecule has 1 heterocycles. The van der Waals surface area contributed by atoms with Gasteiger partial charge in [-0.2, -0.15) is 0 Å². The number of hydrogen-bond donors (Lipinski definition) is 3. The van der Waals surface area contributed by atoms with Gasteiger partial charge in [0.25, 0.3) is 0 Å². The second-order valence-electron chi connectivity index (χ2n) is 8.24. The number of rotatable bonds is 6. The zero-order valence-electron chi connectivity index (χ0n) is 17.8. The first-order valence-electron chi connectivity index (χ1n) is 10.7. The molecular weight excluding hydrogens is 411 g/mol. The van der Waals surface area contributed by atoms with Crippen LogP contribution >= 0.6 is 0 Å². The van der Waals surface area contributed by atoms with E-state index in [0.717, 1.165) is 31.2 Å². The van der Waals surface area contributed by atoms with Gasteiger partial charge in [0.2, 0.25) is 5.91 Å². The third-order valence-electron chi connectivity index (χ3n) is 5.84. The lowest BCUT2D eigenvalue weighted by Gasteiger charge is -2.29. The van der Waals surface area contributed by atoms with Crippen LogP contribution in [0.2, 0.25) is 0 Å². The number of aromatic nitrogens is 2. The van der Waals surface area contributed by atoms with Gasteiger partial charge in [-0.1, -0.05) is 0 Å². The van der Waals surface area contributed by atoms with Crippen molar-refractivity contribution in [3.63, 3.8) is 0 Å². The molecule has 7 nitrogen and oxygen atoms in total. The van der Waals surface area contributed by atoms with Crippen LogP contribution in [0, 0.1) is 11.7 Å². The van der Waals surface area contributed by atoms with Crippen LogP contribution in [0.5, 0.6) is 0 Å². The Hall–Kier alpha value is -3.55. The maximum absolute atomic E-state index is 13.4. The van der Waals surface area contributed by atoms with Gasteiger partial charge in [0, 0.05) is 25.1 Å². The van der Waals surface area contributed by atoms with E-state index in [9.17, 15) is 19.1 Å². The monoisotopic (exact) mass is 436 g/mol. The highest BCUT2D eigenvalue weighted by Gasteiger charge is 2.22. The van der Waals surface area contributed by atoms with Crippen molar-refractivity contribution in [3.05, 3.63) is 53.8 Å². The summed E-state index contributed by atoms with van der Waals surface area (Å²) in [5.41, 5.74) is 2.50. The fourth-order valence-corrected chi connectivity index (χ4v) is 4.16. The van der Waals surface area contributed by atoms with Crippen LogP contribution in [0.25, 0.3) is 22.3 Å². The van der Waals surface area contributed by atoms with Crippen LogP contribution in [0.4, 0.5) is 10.2 Å². The van der Waals surface area contributed by atoms with Gasteiger partial charge >= 0.3 is 5.97 Å². The van der Waals surface area contributed by atoms with Crippen LogP contribution in [0.1, 0.15) is 43.0 Å². The van der Waals surface area contributed by atoms with Gasteiger partial charge in [-0.05, 0) is 74.1 Å². The average Bonchev–Trinajstić information content (AvgIpc) is 2.78. The number of anilines is 1. The number of benzene rings is 2. The molecule has 0 aliphatic heterocycles. The van der Waals surface area contributed by atoms with E-state index in [1.165, 1.54) is 24.3 Å². The van der Waals surface area contributed by atoms with Crippen molar-refractivity contribution in [2.75, 3.05) is 11.9 Å². The third kappa shape index (κ3) is 5.01. The predicted molar refractivity (Wildman–Crippen MR) is 120 cm³/mol. The molecule has 32 heavy (non-hydrogen) atoms. The third-order valence-corrected chi connectivity index (χ3v) is 5.84. The minimum Gasteiger partial charge on any atom is -0.478 e. The normalized spacial score (nSPS) is 18.3. The molecule has 0 radical (unpaired) electrons. The van der Waals surface area contributed by atoms with Crippen molar-refractivity contribution in [3.8, 4) is 11.3 Å². The van der Waals surface area contributed by atoms with Crippen LogP contribution in [0.15, 0.2) is 42.5 Å². The lowest BCUT2D eigenvalue weighted by Crippen LogP contribution is -2.37. The molecule has 1 amide bonds. The minimum atomic E-state index is -1.03. The molecule has 1 aromatic heterocycles. The highest BCUT2D eigenvalue weighted by atomic mass is 19.1. The molecule has 2 aromatic carbocycles. The summed E-state index contributed by atoms with van der Waals surface area (Å²) in [6.07, 6.45) is 3.83. The zero-order chi connectivity index (χ0) is 22.7. The van der Waals surface area contributed by atoms with Crippen molar-refractivity contribution in [2.45, 2.75) is 38.6 Å². The highest BCUT2D eigenvalue weighted by molar-refractivity contribution is 5.93. The number of halogens is 1. The Morgan fingerprint density at radius 2 is 1.75 bits per heavy atom. The van der Waals surface area contributed by atoms with E-state index in [4.69, 9.17) is 4.98 Å². The number of carbonyl (C=O) groups excluding carboxylic acids is 1. The summed E-state index contributed by atoms with van der Waals surface area (Å²) < 4.78 is 13.4. The Bertz CT molecular complexity index is 1140. The van der Waals surface area contributed by atoms with Crippen molar-refractivity contribution >= 4 is 28.7 Å². The summed E-state index contributed by atoms with van der Waals surface area (Å²) in [5.74, 6) is -0.400. The predicted octanol–water partition coefficient (Wildman–Crippen LogP) is 4.24. The van der Waals surface area contributed by atoms with E-state index in [1.54, 1.807) is 25.1 Å². The number of nitrogens with zero attached hydrogens (tertiary/aromatic N) is 2. The molecular formula is C24H25FN4O3. The molecule has 0 spiro atoms. The zero-order valence-corrected chi connectivity index (χ0v) is 17.8. The Balaban J connectivity index is 1.59. The summed E-state index contributed by atoms with van der Waals surface area (Å²) in [4.78, 5) is 32.0. The standard InChI is InChI=1S/C24H25FN4O3/c1-14(30)27-19-9-2-15(3-10-19)13-26-23-22(16-4-7-18(25)8-5-16)28-20-11-6-17(24(31)32)12-21(20)29-23/h4-8,11-12,15,19H,2-3,9-10,13H2,1H3,(H,26,29)(H,27,30)(H,31,32). The van der Waals surface area contributed by atoms with Gasteiger partial charge in [0.15, 0.2) is 5.82 Å². The van der Waals surface area contributed by atoms with Crippen molar-refractivity contribution in [2.24, 2.45) is 5.92 Å². The Morgan fingerprint density at radius 1 is 1.03 bits per heavy atom. The summed E-state index contributed by atoms with van der Waals surface area (Å²) in [5, 5.41) is 15.7. The molecule has 3 N–H and O–H groups in total. The lowest BCUT2D eigenvalue weighted by atomic mass is 9.86. The lowest BCUT2D eigenvalue weighted by molar-refractivity contribution is -0.119. The number of hydrogen-bond acceptors (Lipinski definition) is 5. The average molecular weight is 436 g/mol. The van der Waals surface area contributed by atoms with Gasteiger partial charge < -0.3 is 15.7 Å². The fourth-order valence-electron chi connectivity index (χ4n) is 4.16. The molecule has 4 rings (SSSR count). The molecule has 0 saturated heterocycles.